The lowest BCUT2D eigenvalue weighted by molar-refractivity contribution is -0.161. The first-order valence-electron chi connectivity index (χ1n) is 26.3. The Morgan fingerprint density at radius 2 is 0.797 bits per heavy atom. The quantitative estimate of drug-likeness (QED) is 0.0264. The fourth-order valence-corrected chi connectivity index (χ4v) is 7.10. The van der Waals surface area contributed by atoms with Crippen LogP contribution in [-0.4, -0.2) is 49.3 Å². The maximum absolute atomic E-state index is 12.6. The molecule has 0 aliphatic carbocycles. The number of hydrogen-bond donors (Lipinski definition) is 2. The van der Waals surface area contributed by atoms with Gasteiger partial charge in [0, 0.05) is 19.4 Å². The number of allylic oxidation sites excluding steroid dienone is 24. The summed E-state index contributed by atoms with van der Waals surface area (Å²) >= 11 is 0. The Labute approximate surface area is 420 Å². The normalized spacial score (nSPS) is 14.3. The van der Waals surface area contributed by atoms with E-state index in [-0.39, 0.29) is 32.6 Å². The van der Waals surface area contributed by atoms with Crippen LogP contribution in [0.25, 0.3) is 0 Å². The summed E-state index contributed by atoms with van der Waals surface area (Å²) in [5.74, 6) is -0.910. The van der Waals surface area contributed by atoms with Crippen molar-refractivity contribution in [1.29, 1.82) is 0 Å². The number of hydrogen-bond acceptors (Lipinski definition) is 8. The van der Waals surface area contributed by atoms with Crippen LogP contribution in [0.2, 0.25) is 0 Å². The molecule has 0 saturated heterocycles. The van der Waals surface area contributed by atoms with Gasteiger partial charge in [-0.3, -0.25) is 18.6 Å². The van der Waals surface area contributed by atoms with Gasteiger partial charge >= 0.3 is 19.8 Å². The molecule has 0 amide bonds. The van der Waals surface area contributed by atoms with E-state index in [0.717, 1.165) is 116 Å². The third-order valence-corrected chi connectivity index (χ3v) is 11.2. The van der Waals surface area contributed by atoms with Crippen LogP contribution < -0.4 is 5.73 Å². The summed E-state index contributed by atoms with van der Waals surface area (Å²) in [5.41, 5.74) is 5.36. The van der Waals surface area contributed by atoms with Gasteiger partial charge in [0.15, 0.2) is 6.10 Å². The summed E-state index contributed by atoms with van der Waals surface area (Å²) in [4.78, 5) is 35.0. The summed E-state index contributed by atoms with van der Waals surface area (Å²) in [5, 5.41) is 0. The second-order valence-electron chi connectivity index (χ2n) is 16.7. The van der Waals surface area contributed by atoms with Gasteiger partial charge in [-0.15, -0.1) is 0 Å². The second-order valence-corrected chi connectivity index (χ2v) is 18.1. The second kappa shape index (κ2) is 53.2. The number of rotatable bonds is 47. The molecule has 2 atom stereocenters. The van der Waals surface area contributed by atoms with Crippen molar-refractivity contribution in [3.05, 3.63) is 146 Å². The molecule has 0 spiro atoms. The zero-order valence-corrected chi connectivity index (χ0v) is 43.9. The van der Waals surface area contributed by atoms with Gasteiger partial charge < -0.3 is 20.1 Å². The minimum Gasteiger partial charge on any atom is -0.462 e. The third kappa shape index (κ3) is 53.1. The molecule has 0 aliphatic heterocycles. The van der Waals surface area contributed by atoms with Gasteiger partial charge in [0.05, 0.1) is 13.2 Å². The molecule has 0 radical (unpaired) electrons. The molecule has 388 valence electrons. The maximum atomic E-state index is 12.6. The predicted molar refractivity (Wildman–Crippen MR) is 293 cm³/mol. The smallest absolute Gasteiger partial charge is 0.462 e. The predicted octanol–water partition coefficient (Wildman–Crippen LogP) is 16.4. The Balaban J connectivity index is 4.18. The van der Waals surface area contributed by atoms with Crippen molar-refractivity contribution in [3.8, 4) is 0 Å². The number of esters is 2. The van der Waals surface area contributed by atoms with Crippen LogP contribution in [0.3, 0.4) is 0 Å². The van der Waals surface area contributed by atoms with Crippen molar-refractivity contribution in [1.82, 2.24) is 0 Å². The van der Waals surface area contributed by atoms with Crippen LogP contribution in [-0.2, 0) is 32.7 Å². The highest BCUT2D eigenvalue weighted by atomic mass is 31.2. The lowest BCUT2D eigenvalue weighted by atomic mass is 10.1. The maximum Gasteiger partial charge on any atom is 0.472 e. The lowest BCUT2D eigenvalue weighted by Crippen LogP contribution is -2.29. The number of carbonyl (C=O) groups excluding carboxylic acids is 2. The van der Waals surface area contributed by atoms with Crippen LogP contribution >= 0.6 is 7.82 Å². The van der Waals surface area contributed by atoms with Gasteiger partial charge in [0.1, 0.15) is 6.61 Å². The van der Waals surface area contributed by atoms with Crippen molar-refractivity contribution in [3.63, 3.8) is 0 Å². The first-order chi connectivity index (χ1) is 33.8. The van der Waals surface area contributed by atoms with E-state index in [1.54, 1.807) is 0 Å². The van der Waals surface area contributed by atoms with Crippen LogP contribution in [0.1, 0.15) is 181 Å². The van der Waals surface area contributed by atoms with E-state index in [9.17, 15) is 19.0 Å². The molecule has 2 unspecified atom stereocenters. The van der Waals surface area contributed by atoms with E-state index >= 15 is 0 Å². The number of phosphoric ester groups is 1. The van der Waals surface area contributed by atoms with Crippen LogP contribution in [0.4, 0.5) is 0 Å². The van der Waals surface area contributed by atoms with Gasteiger partial charge in [-0.2, -0.15) is 0 Å². The summed E-state index contributed by atoms with van der Waals surface area (Å²) < 4.78 is 32.8. The molecule has 69 heavy (non-hydrogen) atoms. The zero-order chi connectivity index (χ0) is 50.2. The number of unbranched alkanes of at least 4 members (excludes halogenated alkanes) is 10. The van der Waals surface area contributed by atoms with Gasteiger partial charge in [-0.25, -0.2) is 4.57 Å². The van der Waals surface area contributed by atoms with Crippen LogP contribution in [0.15, 0.2) is 146 Å². The fourth-order valence-electron chi connectivity index (χ4n) is 6.34. The van der Waals surface area contributed by atoms with Crippen LogP contribution in [0.5, 0.6) is 0 Å². The van der Waals surface area contributed by atoms with Crippen molar-refractivity contribution in [2.24, 2.45) is 5.73 Å². The van der Waals surface area contributed by atoms with Gasteiger partial charge in [0.25, 0.3) is 0 Å². The molecule has 0 fully saturated rings. The Morgan fingerprint density at radius 3 is 1.22 bits per heavy atom. The minimum atomic E-state index is -4.41. The van der Waals surface area contributed by atoms with E-state index in [0.29, 0.717) is 12.8 Å². The Morgan fingerprint density at radius 1 is 0.449 bits per heavy atom. The van der Waals surface area contributed by atoms with E-state index in [2.05, 4.69) is 160 Å². The van der Waals surface area contributed by atoms with E-state index in [4.69, 9.17) is 24.3 Å². The average molecular weight is 976 g/mol. The third-order valence-electron chi connectivity index (χ3n) is 10.2. The van der Waals surface area contributed by atoms with E-state index in [1.165, 1.54) is 25.7 Å². The Bertz CT molecular complexity index is 1630. The first-order valence-corrected chi connectivity index (χ1v) is 27.8. The SMILES string of the molecule is CC/C=C\C/C=C\C/C=C\C/C=C\C/C=C\C/C=C\C/C=C\C/C=C\C/C=C\C/C=C\CCCCC(=O)OC(COC(=O)CCCCCCC/C=C\C/C=C\CCCCC)COP(=O)(O)OCCN. The highest BCUT2D eigenvalue weighted by molar-refractivity contribution is 7.47. The molecule has 9 nitrogen and oxygen atoms in total. The van der Waals surface area contributed by atoms with Crippen molar-refractivity contribution in [2.75, 3.05) is 26.4 Å². The van der Waals surface area contributed by atoms with E-state index in [1.807, 2.05) is 0 Å². The van der Waals surface area contributed by atoms with Crippen molar-refractivity contribution in [2.45, 2.75) is 187 Å². The van der Waals surface area contributed by atoms with Crippen molar-refractivity contribution >= 4 is 19.8 Å². The molecular formula is C59H94NO8P. The molecule has 0 aromatic carbocycles. The summed E-state index contributed by atoms with van der Waals surface area (Å²) in [6, 6.07) is 0. The fraction of sp³-hybridized carbons (Fsp3) is 0.559. The summed E-state index contributed by atoms with van der Waals surface area (Å²) in [7, 11) is -4.41. The molecule has 0 heterocycles. The molecule has 0 aromatic heterocycles. The first kappa shape index (κ1) is 64.9. The standard InChI is InChI=1S/C59H94NO8P/c1-3-5-7-9-11-13-15-17-19-20-21-22-23-24-25-26-27-28-29-30-31-32-33-34-35-36-38-40-42-44-46-48-50-52-59(62)68-57(56-67-69(63,64)66-54-53-60)55-65-58(61)51-49-47-45-43-41-39-37-18-16-14-12-10-8-6-4-2/h5,7,11-14,17-19,21-22,24-25,27-28,30-31,33-34,36-38,42,44,57H,3-4,6,8-10,15-16,20,23,26,29,32,35,39-41,43,45-56,60H2,1-2H3,(H,63,64)/b7-5-,13-11-,14-12-,19-17-,22-21-,25-24-,28-27-,31-30-,34-33-,37-18-,38-36-,44-42-. The van der Waals surface area contributed by atoms with Crippen molar-refractivity contribution < 1.29 is 37.6 Å². The van der Waals surface area contributed by atoms with Gasteiger partial charge in [-0.1, -0.05) is 192 Å². The molecule has 0 aromatic rings. The number of ether oxygens (including phenoxy) is 2. The molecule has 0 bridgehead atoms. The number of carbonyl (C=O) groups is 2. The molecular weight excluding hydrogens is 882 g/mol. The molecule has 0 rings (SSSR count). The lowest BCUT2D eigenvalue weighted by Gasteiger charge is -2.19. The zero-order valence-electron chi connectivity index (χ0n) is 43.0. The molecule has 10 heteroatoms. The highest BCUT2D eigenvalue weighted by Crippen LogP contribution is 2.43. The molecule has 0 saturated carbocycles. The minimum absolute atomic E-state index is 0.0356. The molecule has 0 aliphatic rings. The topological polar surface area (TPSA) is 134 Å². The monoisotopic (exact) mass is 976 g/mol. The van der Waals surface area contributed by atoms with Crippen LogP contribution in [0, 0.1) is 0 Å². The average Bonchev–Trinajstić information content (AvgIpc) is 3.34. The Kier molecular flexibility index (Phi) is 50.1. The highest BCUT2D eigenvalue weighted by Gasteiger charge is 2.26. The summed E-state index contributed by atoms with van der Waals surface area (Å²) in [6.45, 7) is 3.50. The van der Waals surface area contributed by atoms with E-state index < -0.39 is 32.5 Å². The summed E-state index contributed by atoms with van der Waals surface area (Å²) in [6.07, 6.45) is 76.1. The molecule has 3 N–H and O–H groups in total. The van der Waals surface area contributed by atoms with Gasteiger partial charge in [0.2, 0.25) is 0 Å². The largest absolute Gasteiger partial charge is 0.472 e. The Hall–Kier alpha value is -4.11. The number of nitrogens with two attached hydrogens (primary N) is 1. The number of phosphoric acid groups is 1. The van der Waals surface area contributed by atoms with Gasteiger partial charge in [-0.05, 0) is 122 Å².